The molecule has 168 valence electrons. The van der Waals surface area contributed by atoms with Crippen molar-refractivity contribution in [3.8, 4) is 17.6 Å². The predicted molar refractivity (Wildman–Crippen MR) is 126 cm³/mol. The number of fused-ring (bicyclic) bond motifs is 1. The van der Waals surface area contributed by atoms with Crippen molar-refractivity contribution in [2.45, 2.75) is 39.0 Å². The molecule has 0 aliphatic heterocycles. The van der Waals surface area contributed by atoms with Crippen molar-refractivity contribution in [1.29, 1.82) is 0 Å². The second-order valence-electron chi connectivity index (χ2n) is 8.28. The summed E-state index contributed by atoms with van der Waals surface area (Å²) in [5.74, 6) is 5.76. The smallest absolute Gasteiger partial charge is 0.145 e. The maximum Gasteiger partial charge on any atom is 0.145 e. The van der Waals surface area contributed by atoms with Crippen molar-refractivity contribution >= 4 is 11.4 Å². The first kappa shape index (κ1) is 22.7. The summed E-state index contributed by atoms with van der Waals surface area (Å²) >= 11 is 0. The fourth-order valence-electron chi connectivity index (χ4n) is 4.20. The Bertz CT molecular complexity index is 1210. The van der Waals surface area contributed by atoms with E-state index in [4.69, 9.17) is 4.74 Å². The molecule has 5 heteroatoms. The first-order valence-electron chi connectivity index (χ1n) is 11.2. The maximum absolute atomic E-state index is 15.0. The number of ether oxygens (including phenoxy) is 1. The number of azo groups is 1. The first-order chi connectivity index (χ1) is 16.1. The van der Waals surface area contributed by atoms with Gasteiger partial charge in [0.1, 0.15) is 17.4 Å². The summed E-state index contributed by atoms with van der Waals surface area (Å²) < 4.78 is 34.8. The zero-order valence-electron chi connectivity index (χ0n) is 18.9. The number of rotatable bonds is 5. The zero-order valence-corrected chi connectivity index (χ0v) is 18.9. The molecule has 0 radical (unpaired) electrons. The first-order valence-corrected chi connectivity index (χ1v) is 11.2. The van der Waals surface area contributed by atoms with E-state index in [0.717, 1.165) is 37.0 Å². The minimum Gasteiger partial charge on any atom is -0.497 e. The molecular formula is C28H26F2N2O. The molecule has 0 saturated carbocycles. The average Bonchev–Trinajstić information content (AvgIpc) is 2.83. The molecule has 4 rings (SSSR count). The average molecular weight is 445 g/mol. The van der Waals surface area contributed by atoms with Crippen LogP contribution in [0.2, 0.25) is 0 Å². The number of benzene rings is 3. The van der Waals surface area contributed by atoms with E-state index in [2.05, 4.69) is 29.0 Å². The van der Waals surface area contributed by atoms with Crippen molar-refractivity contribution < 1.29 is 13.5 Å². The SMILES string of the molecule is CCCC1CCc2c(cc(F)c(C#Cc3ccc(N=Nc4ccc(OC)cc4)cc3)c2F)C1. The maximum atomic E-state index is 15.0. The van der Waals surface area contributed by atoms with Crippen LogP contribution in [0.25, 0.3) is 0 Å². The lowest BCUT2D eigenvalue weighted by Gasteiger charge is -2.25. The molecule has 0 amide bonds. The van der Waals surface area contributed by atoms with Crippen LogP contribution in [0.1, 0.15) is 48.4 Å². The Morgan fingerprint density at radius 2 is 1.64 bits per heavy atom. The van der Waals surface area contributed by atoms with Gasteiger partial charge in [0.25, 0.3) is 0 Å². The monoisotopic (exact) mass is 444 g/mol. The van der Waals surface area contributed by atoms with E-state index in [1.54, 1.807) is 31.4 Å². The molecule has 0 bridgehead atoms. The summed E-state index contributed by atoms with van der Waals surface area (Å²) in [5.41, 5.74) is 3.29. The van der Waals surface area contributed by atoms with Crippen LogP contribution in [0, 0.1) is 29.4 Å². The van der Waals surface area contributed by atoms with Gasteiger partial charge in [0, 0.05) is 5.56 Å². The van der Waals surface area contributed by atoms with E-state index in [-0.39, 0.29) is 5.56 Å². The summed E-state index contributed by atoms with van der Waals surface area (Å²) in [4.78, 5) is 0. The Hall–Kier alpha value is -3.52. The van der Waals surface area contributed by atoms with Crippen molar-refractivity contribution in [3.05, 3.63) is 88.5 Å². The van der Waals surface area contributed by atoms with Gasteiger partial charge in [-0.2, -0.15) is 10.2 Å². The minimum atomic E-state index is -0.583. The van der Waals surface area contributed by atoms with Gasteiger partial charge in [0.15, 0.2) is 0 Å². The van der Waals surface area contributed by atoms with Gasteiger partial charge < -0.3 is 4.74 Å². The Labute approximate surface area is 193 Å². The fourth-order valence-corrected chi connectivity index (χ4v) is 4.20. The van der Waals surface area contributed by atoms with E-state index in [9.17, 15) is 4.39 Å². The molecule has 1 aliphatic rings. The highest BCUT2D eigenvalue weighted by Gasteiger charge is 2.24. The van der Waals surface area contributed by atoms with Crippen LogP contribution >= 0.6 is 0 Å². The van der Waals surface area contributed by atoms with Gasteiger partial charge in [0.2, 0.25) is 0 Å². The van der Waals surface area contributed by atoms with Gasteiger partial charge in [-0.3, -0.25) is 0 Å². The van der Waals surface area contributed by atoms with Gasteiger partial charge in [-0.15, -0.1) is 0 Å². The number of hydrogen-bond acceptors (Lipinski definition) is 3. The van der Waals surface area contributed by atoms with Crippen molar-refractivity contribution in [2.75, 3.05) is 7.11 Å². The quantitative estimate of drug-likeness (QED) is 0.293. The van der Waals surface area contributed by atoms with Crippen molar-refractivity contribution in [1.82, 2.24) is 0 Å². The fraction of sp³-hybridized carbons (Fsp3) is 0.286. The Morgan fingerprint density at radius 1 is 0.970 bits per heavy atom. The lowest BCUT2D eigenvalue weighted by molar-refractivity contribution is 0.411. The highest BCUT2D eigenvalue weighted by atomic mass is 19.1. The summed E-state index contributed by atoms with van der Waals surface area (Å²) in [6.07, 6.45) is 4.53. The predicted octanol–water partition coefficient (Wildman–Crippen LogP) is 7.69. The third kappa shape index (κ3) is 5.46. The normalized spacial score (nSPS) is 15.1. The lowest BCUT2D eigenvalue weighted by Crippen LogP contribution is -2.17. The third-order valence-electron chi connectivity index (χ3n) is 5.97. The van der Waals surface area contributed by atoms with Gasteiger partial charge in [-0.1, -0.05) is 31.6 Å². The number of halogens is 2. The van der Waals surface area contributed by atoms with Crippen LogP contribution < -0.4 is 4.74 Å². The molecule has 0 aromatic heterocycles. The molecule has 1 aliphatic carbocycles. The number of hydrogen-bond donors (Lipinski definition) is 0. The highest BCUT2D eigenvalue weighted by molar-refractivity contribution is 5.50. The van der Waals surface area contributed by atoms with Crippen LogP contribution in [-0.2, 0) is 12.8 Å². The summed E-state index contributed by atoms with van der Waals surface area (Å²) in [5, 5.41) is 8.39. The van der Waals surface area contributed by atoms with Gasteiger partial charge in [-0.05, 0) is 90.9 Å². The van der Waals surface area contributed by atoms with Crippen LogP contribution in [0.15, 0.2) is 64.8 Å². The topological polar surface area (TPSA) is 34.0 Å². The lowest BCUT2D eigenvalue weighted by atomic mass is 9.81. The molecule has 3 aromatic carbocycles. The van der Waals surface area contributed by atoms with E-state index in [1.165, 1.54) is 6.07 Å². The molecule has 1 unspecified atom stereocenters. The Kier molecular flexibility index (Phi) is 7.14. The highest BCUT2D eigenvalue weighted by Crippen LogP contribution is 2.32. The molecule has 0 heterocycles. The number of methoxy groups -OCH3 is 1. The number of nitrogens with zero attached hydrogens (tertiary/aromatic N) is 2. The Morgan fingerprint density at radius 3 is 2.27 bits per heavy atom. The molecule has 1 atom stereocenters. The second kappa shape index (κ2) is 10.4. The van der Waals surface area contributed by atoms with Crippen LogP contribution in [0.5, 0.6) is 5.75 Å². The van der Waals surface area contributed by atoms with Crippen LogP contribution in [0.3, 0.4) is 0 Å². The molecule has 3 aromatic rings. The van der Waals surface area contributed by atoms with Crippen molar-refractivity contribution in [2.24, 2.45) is 16.1 Å². The summed E-state index contributed by atoms with van der Waals surface area (Å²) in [6.45, 7) is 2.14. The van der Waals surface area contributed by atoms with E-state index in [1.807, 2.05) is 24.3 Å². The van der Waals surface area contributed by atoms with E-state index < -0.39 is 11.6 Å². The molecule has 0 spiro atoms. The molecule has 3 nitrogen and oxygen atoms in total. The zero-order chi connectivity index (χ0) is 23.2. The minimum absolute atomic E-state index is 0.147. The van der Waals surface area contributed by atoms with E-state index >= 15 is 4.39 Å². The van der Waals surface area contributed by atoms with Crippen molar-refractivity contribution in [3.63, 3.8) is 0 Å². The van der Waals surface area contributed by atoms with Crippen LogP contribution in [-0.4, -0.2) is 7.11 Å². The van der Waals surface area contributed by atoms with E-state index in [0.29, 0.717) is 34.8 Å². The second-order valence-corrected chi connectivity index (χ2v) is 8.28. The molecular weight excluding hydrogens is 418 g/mol. The third-order valence-corrected chi connectivity index (χ3v) is 5.97. The summed E-state index contributed by atoms with van der Waals surface area (Å²) in [7, 11) is 1.61. The van der Waals surface area contributed by atoms with Gasteiger partial charge in [0.05, 0.1) is 24.0 Å². The summed E-state index contributed by atoms with van der Waals surface area (Å²) in [6, 6.07) is 15.8. The molecule has 33 heavy (non-hydrogen) atoms. The van der Waals surface area contributed by atoms with Gasteiger partial charge >= 0.3 is 0 Å². The largest absolute Gasteiger partial charge is 0.497 e. The molecule has 0 saturated heterocycles. The van der Waals surface area contributed by atoms with Crippen LogP contribution in [0.4, 0.5) is 20.2 Å². The molecule has 0 fully saturated rings. The standard InChI is InChI=1S/C28H26F2N2O/c1-3-4-20-8-15-25-21(17-20)18-27(29)26(28(25)30)16-7-19-5-9-22(10-6-19)31-32-23-11-13-24(33-2)14-12-23/h5-6,9-14,18,20H,3-4,8,15,17H2,1-2H3. The molecule has 0 N–H and O–H groups in total. The Balaban J connectivity index is 1.49. The van der Waals surface area contributed by atoms with Gasteiger partial charge in [-0.25, -0.2) is 8.78 Å².